The van der Waals surface area contributed by atoms with Gasteiger partial charge in [-0.25, -0.2) is 0 Å². The van der Waals surface area contributed by atoms with E-state index in [2.05, 4.69) is 6.58 Å². The average Bonchev–Trinajstić information content (AvgIpc) is 2.14. The minimum atomic E-state index is -0.358. The van der Waals surface area contributed by atoms with E-state index in [1.807, 2.05) is 0 Å². The largest absolute Gasteiger partial charge is 0.465 e. The van der Waals surface area contributed by atoms with Crippen LogP contribution >= 0.6 is 12.4 Å². The number of nitrogens with two attached hydrogens (primary N) is 1. The van der Waals surface area contributed by atoms with Crippen molar-refractivity contribution in [2.24, 2.45) is 5.73 Å². The van der Waals surface area contributed by atoms with Crippen molar-refractivity contribution < 1.29 is 14.3 Å². The maximum atomic E-state index is 10.9. The molecule has 0 saturated carbocycles. The van der Waals surface area contributed by atoms with Gasteiger partial charge in [-0.05, 0) is 6.42 Å². The Bertz CT molecular complexity index is 194. The van der Waals surface area contributed by atoms with Gasteiger partial charge in [-0.15, -0.1) is 19.0 Å². The molecule has 5 heteroatoms. The van der Waals surface area contributed by atoms with Crippen molar-refractivity contribution >= 4 is 24.2 Å². The molecular formula is C9H16ClNO3. The zero-order chi connectivity index (χ0) is 10.1. The van der Waals surface area contributed by atoms with Crippen molar-refractivity contribution in [3.63, 3.8) is 0 Å². The van der Waals surface area contributed by atoms with Crippen molar-refractivity contribution in [1.29, 1.82) is 0 Å². The standard InChI is InChI=1S/C9H15NO3.ClH/c1-2-3-6-13-9(12)5-4-8(11)7-10;/h2H,1,3-7,10H2;1H. The topological polar surface area (TPSA) is 69.4 Å². The molecule has 0 aliphatic heterocycles. The highest BCUT2D eigenvalue weighted by atomic mass is 35.5. The van der Waals surface area contributed by atoms with E-state index in [0.29, 0.717) is 13.0 Å². The molecule has 2 N–H and O–H groups in total. The minimum Gasteiger partial charge on any atom is -0.465 e. The number of ketones is 1. The summed E-state index contributed by atoms with van der Waals surface area (Å²) in [6, 6.07) is 0. The molecule has 0 rings (SSSR count). The van der Waals surface area contributed by atoms with E-state index in [1.165, 1.54) is 0 Å². The number of ether oxygens (including phenoxy) is 1. The fourth-order valence-electron chi connectivity index (χ4n) is 0.672. The molecule has 0 atom stereocenters. The SMILES string of the molecule is C=CCCOC(=O)CCC(=O)CN.Cl. The molecule has 0 heterocycles. The maximum absolute atomic E-state index is 10.9. The Morgan fingerprint density at radius 2 is 2.00 bits per heavy atom. The predicted molar refractivity (Wildman–Crippen MR) is 56.3 cm³/mol. The number of Topliss-reactive ketones (excluding diaryl/α,β-unsaturated/α-hetero) is 1. The van der Waals surface area contributed by atoms with Crippen LogP contribution in [0.3, 0.4) is 0 Å². The van der Waals surface area contributed by atoms with Crippen LogP contribution in [0.5, 0.6) is 0 Å². The first-order valence-corrected chi connectivity index (χ1v) is 4.19. The van der Waals surface area contributed by atoms with E-state index < -0.39 is 0 Å². The highest BCUT2D eigenvalue weighted by Crippen LogP contribution is 1.94. The first-order valence-electron chi connectivity index (χ1n) is 4.19. The fraction of sp³-hybridized carbons (Fsp3) is 0.556. The van der Waals surface area contributed by atoms with Gasteiger partial charge in [0, 0.05) is 6.42 Å². The van der Waals surface area contributed by atoms with Crippen LogP contribution in [0, 0.1) is 0 Å². The second-order valence-corrected chi connectivity index (χ2v) is 2.54. The number of hydrogen-bond acceptors (Lipinski definition) is 4. The summed E-state index contributed by atoms with van der Waals surface area (Å²) in [6.45, 7) is 3.80. The summed E-state index contributed by atoms with van der Waals surface area (Å²) in [6.07, 6.45) is 2.59. The van der Waals surface area contributed by atoms with Crippen LogP contribution in [0.15, 0.2) is 12.7 Å². The fourth-order valence-corrected chi connectivity index (χ4v) is 0.672. The molecule has 0 spiro atoms. The molecule has 0 aliphatic carbocycles. The lowest BCUT2D eigenvalue weighted by Crippen LogP contribution is -2.15. The zero-order valence-corrected chi connectivity index (χ0v) is 8.85. The number of halogens is 1. The van der Waals surface area contributed by atoms with Gasteiger partial charge < -0.3 is 10.5 Å². The molecule has 0 aromatic rings. The van der Waals surface area contributed by atoms with E-state index in [1.54, 1.807) is 6.08 Å². The number of hydrogen-bond donors (Lipinski definition) is 1. The molecule has 0 radical (unpaired) electrons. The predicted octanol–water partition coefficient (Wildman–Crippen LogP) is 0.835. The maximum Gasteiger partial charge on any atom is 0.306 e. The molecule has 0 fully saturated rings. The molecule has 0 saturated heterocycles. The van der Waals surface area contributed by atoms with E-state index in [4.69, 9.17) is 10.5 Å². The van der Waals surface area contributed by atoms with Gasteiger partial charge in [-0.3, -0.25) is 9.59 Å². The lowest BCUT2D eigenvalue weighted by atomic mass is 10.2. The Hall–Kier alpha value is -0.870. The lowest BCUT2D eigenvalue weighted by molar-refractivity contribution is -0.144. The van der Waals surface area contributed by atoms with E-state index in [0.717, 1.165) is 0 Å². The summed E-state index contributed by atoms with van der Waals surface area (Å²) in [5.74, 6) is -0.482. The molecular weight excluding hydrogens is 206 g/mol. The van der Waals surface area contributed by atoms with Crippen LogP contribution in [0.2, 0.25) is 0 Å². The third kappa shape index (κ3) is 9.22. The van der Waals surface area contributed by atoms with Gasteiger partial charge in [-0.1, -0.05) is 6.08 Å². The van der Waals surface area contributed by atoms with Gasteiger partial charge in [0.15, 0.2) is 0 Å². The number of carbonyl (C=O) groups excluding carboxylic acids is 2. The second kappa shape index (κ2) is 10.2. The summed E-state index contributed by atoms with van der Waals surface area (Å²) in [4.78, 5) is 21.6. The Balaban J connectivity index is 0. The molecule has 0 unspecified atom stereocenters. The molecule has 4 nitrogen and oxygen atoms in total. The Morgan fingerprint density at radius 1 is 1.36 bits per heavy atom. The molecule has 0 aromatic heterocycles. The summed E-state index contributed by atoms with van der Waals surface area (Å²) < 4.78 is 4.77. The van der Waals surface area contributed by atoms with E-state index >= 15 is 0 Å². The van der Waals surface area contributed by atoms with E-state index in [-0.39, 0.29) is 43.5 Å². The van der Waals surface area contributed by atoms with Crippen LogP contribution in [-0.2, 0) is 14.3 Å². The molecule has 14 heavy (non-hydrogen) atoms. The van der Waals surface area contributed by atoms with Crippen molar-refractivity contribution in [3.8, 4) is 0 Å². The third-order valence-electron chi connectivity index (χ3n) is 1.42. The summed E-state index contributed by atoms with van der Waals surface area (Å²) in [5.41, 5.74) is 5.06. The Morgan fingerprint density at radius 3 is 2.50 bits per heavy atom. The molecule has 0 amide bonds. The number of esters is 1. The number of rotatable bonds is 7. The summed E-state index contributed by atoms with van der Waals surface area (Å²) >= 11 is 0. The smallest absolute Gasteiger partial charge is 0.306 e. The summed E-state index contributed by atoms with van der Waals surface area (Å²) in [5, 5.41) is 0. The van der Waals surface area contributed by atoms with Gasteiger partial charge in [0.05, 0.1) is 19.6 Å². The average molecular weight is 222 g/mol. The van der Waals surface area contributed by atoms with Crippen molar-refractivity contribution in [1.82, 2.24) is 0 Å². The number of carbonyl (C=O) groups is 2. The first-order chi connectivity index (χ1) is 6.20. The lowest BCUT2D eigenvalue weighted by Gasteiger charge is -2.01. The van der Waals surface area contributed by atoms with E-state index in [9.17, 15) is 9.59 Å². The van der Waals surface area contributed by atoms with Crippen molar-refractivity contribution in [3.05, 3.63) is 12.7 Å². The van der Waals surface area contributed by atoms with Crippen LogP contribution in [0.4, 0.5) is 0 Å². The van der Waals surface area contributed by atoms with Gasteiger partial charge in [0.1, 0.15) is 5.78 Å². The van der Waals surface area contributed by atoms with Crippen molar-refractivity contribution in [2.45, 2.75) is 19.3 Å². The second-order valence-electron chi connectivity index (χ2n) is 2.54. The quantitative estimate of drug-likeness (QED) is 0.393. The normalized spacial score (nSPS) is 8.64. The van der Waals surface area contributed by atoms with Crippen LogP contribution in [0.1, 0.15) is 19.3 Å². The van der Waals surface area contributed by atoms with Crippen LogP contribution in [0.25, 0.3) is 0 Å². The van der Waals surface area contributed by atoms with Gasteiger partial charge in [0.2, 0.25) is 0 Å². The zero-order valence-electron chi connectivity index (χ0n) is 8.03. The van der Waals surface area contributed by atoms with Crippen LogP contribution in [-0.4, -0.2) is 24.9 Å². The van der Waals surface area contributed by atoms with Gasteiger partial charge in [-0.2, -0.15) is 0 Å². The first kappa shape index (κ1) is 15.6. The monoisotopic (exact) mass is 221 g/mol. The highest BCUT2D eigenvalue weighted by Gasteiger charge is 2.05. The van der Waals surface area contributed by atoms with Crippen LogP contribution < -0.4 is 5.73 Å². The minimum absolute atomic E-state index is 0. The molecule has 82 valence electrons. The van der Waals surface area contributed by atoms with Gasteiger partial charge >= 0.3 is 5.97 Å². The summed E-state index contributed by atoms with van der Waals surface area (Å²) in [7, 11) is 0. The van der Waals surface area contributed by atoms with Gasteiger partial charge in [0.25, 0.3) is 0 Å². The molecule has 0 bridgehead atoms. The van der Waals surface area contributed by atoms with Crippen molar-refractivity contribution in [2.75, 3.05) is 13.2 Å². The Labute approximate surface area is 89.9 Å². The highest BCUT2D eigenvalue weighted by molar-refractivity contribution is 5.85. The Kier molecular flexibility index (Phi) is 11.4. The molecule has 0 aromatic carbocycles. The third-order valence-corrected chi connectivity index (χ3v) is 1.42. The molecule has 0 aliphatic rings.